The SMILES string of the molecule is CNC(=N)NC(=N)NCc1ccc[nH]1. The molecule has 0 saturated heterocycles. The third-order valence-corrected chi connectivity index (χ3v) is 1.62. The van der Waals surface area contributed by atoms with Crippen LogP contribution >= 0.6 is 0 Å². The molecule has 6 heteroatoms. The van der Waals surface area contributed by atoms with Crippen molar-refractivity contribution in [1.29, 1.82) is 10.8 Å². The van der Waals surface area contributed by atoms with Crippen LogP contribution in [-0.4, -0.2) is 24.0 Å². The topological polar surface area (TPSA) is 99.6 Å². The van der Waals surface area contributed by atoms with Gasteiger partial charge in [-0.1, -0.05) is 0 Å². The molecule has 0 bridgehead atoms. The molecular formula is C8H14N6. The molecule has 76 valence electrons. The van der Waals surface area contributed by atoms with Crippen LogP contribution in [0.4, 0.5) is 0 Å². The van der Waals surface area contributed by atoms with Crippen LogP contribution in [-0.2, 0) is 6.54 Å². The summed E-state index contributed by atoms with van der Waals surface area (Å²) in [6.45, 7) is 0.538. The lowest BCUT2D eigenvalue weighted by molar-refractivity contribution is 0.848. The second-order valence-electron chi connectivity index (χ2n) is 2.67. The Morgan fingerprint density at radius 2 is 2.21 bits per heavy atom. The minimum Gasteiger partial charge on any atom is -0.364 e. The molecule has 0 saturated carbocycles. The van der Waals surface area contributed by atoms with Gasteiger partial charge in [0.1, 0.15) is 0 Å². The second kappa shape index (κ2) is 4.90. The van der Waals surface area contributed by atoms with Crippen molar-refractivity contribution in [3.05, 3.63) is 24.0 Å². The molecule has 6 nitrogen and oxygen atoms in total. The smallest absolute Gasteiger partial charge is 0.195 e. The zero-order chi connectivity index (χ0) is 10.4. The van der Waals surface area contributed by atoms with Crippen LogP contribution in [0.3, 0.4) is 0 Å². The molecule has 0 amide bonds. The van der Waals surface area contributed by atoms with E-state index in [2.05, 4.69) is 20.9 Å². The summed E-state index contributed by atoms with van der Waals surface area (Å²) in [5, 5.41) is 22.5. The van der Waals surface area contributed by atoms with Crippen LogP contribution in [0, 0.1) is 10.8 Å². The first kappa shape index (κ1) is 10.1. The summed E-state index contributed by atoms with van der Waals surface area (Å²) in [5.74, 6) is 0.188. The van der Waals surface area contributed by atoms with Gasteiger partial charge >= 0.3 is 0 Å². The first-order valence-electron chi connectivity index (χ1n) is 4.20. The van der Waals surface area contributed by atoms with Gasteiger partial charge in [0, 0.05) is 18.9 Å². The van der Waals surface area contributed by atoms with Crippen molar-refractivity contribution < 1.29 is 0 Å². The van der Waals surface area contributed by atoms with Crippen molar-refractivity contribution in [3.8, 4) is 0 Å². The summed E-state index contributed by atoms with van der Waals surface area (Å²) in [6.07, 6.45) is 1.82. The highest BCUT2D eigenvalue weighted by Crippen LogP contribution is 1.91. The van der Waals surface area contributed by atoms with Crippen LogP contribution in [0.5, 0.6) is 0 Å². The van der Waals surface area contributed by atoms with E-state index in [0.29, 0.717) is 6.54 Å². The van der Waals surface area contributed by atoms with E-state index in [9.17, 15) is 0 Å². The maximum absolute atomic E-state index is 7.41. The quantitative estimate of drug-likeness (QED) is 0.290. The van der Waals surface area contributed by atoms with E-state index in [1.54, 1.807) is 7.05 Å². The lowest BCUT2D eigenvalue weighted by Crippen LogP contribution is -2.44. The third-order valence-electron chi connectivity index (χ3n) is 1.62. The summed E-state index contributed by atoms with van der Waals surface area (Å²) < 4.78 is 0. The number of aromatic nitrogens is 1. The van der Waals surface area contributed by atoms with Crippen molar-refractivity contribution in [3.63, 3.8) is 0 Å². The van der Waals surface area contributed by atoms with E-state index in [1.807, 2.05) is 18.3 Å². The van der Waals surface area contributed by atoms with Gasteiger partial charge in [-0.05, 0) is 12.1 Å². The molecule has 1 aromatic heterocycles. The molecule has 0 aliphatic carbocycles. The maximum atomic E-state index is 7.41. The molecule has 0 unspecified atom stereocenters. The Bertz CT molecular complexity index is 302. The highest BCUT2D eigenvalue weighted by atomic mass is 15.2. The summed E-state index contributed by atoms with van der Waals surface area (Å²) in [4.78, 5) is 3.00. The minimum absolute atomic E-state index is 0.0917. The Hall–Kier alpha value is -1.98. The summed E-state index contributed by atoms with van der Waals surface area (Å²) in [6, 6.07) is 3.81. The molecule has 0 fully saturated rings. The van der Waals surface area contributed by atoms with E-state index in [0.717, 1.165) is 5.69 Å². The van der Waals surface area contributed by atoms with Gasteiger partial charge in [-0.3, -0.25) is 16.1 Å². The molecule has 1 heterocycles. The maximum Gasteiger partial charge on any atom is 0.195 e. The molecule has 1 rings (SSSR count). The van der Waals surface area contributed by atoms with E-state index in [1.165, 1.54) is 0 Å². The largest absolute Gasteiger partial charge is 0.364 e. The van der Waals surface area contributed by atoms with Crippen LogP contribution in [0.2, 0.25) is 0 Å². The predicted molar refractivity (Wildman–Crippen MR) is 55.3 cm³/mol. The molecule has 6 N–H and O–H groups in total. The Morgan fingerprint density at radius 3 is 2.79 bits per heavy atom. The fourth-order valence-corrected chi connectivity index (χ4v) is 0.893. The average Bonchev–Trinajstić information content (AvgIpc) is 2.67. The van der Waals surface area contributed by atoms with Crippen LogP contribution < -0.4 is 16.0 Å². The number of H-pyrrole nitrogens is 1. The molecule has 0 aliphatic rings. The number of rotatable bonds is 2. The fraction of sp³-hybridized carbons (Fsp3) is 0.250. The first-order chi connectivity index (χ1) is 6.72. The number of nitrogens with one attached hydrogen (secondary N) is 6. The minimum atomic E-state index is 0.0917. The van der Waals surface area contributed by atoms with Gasteiger partial charge < -0.3 is 15.6 Å². The van der Waals surface area contributed by atoms with Gasteiger partial charge in [0.25, 0.3) is 0 Å². The Kier molecular flexibility index (Phi) is 3.54. The molecule has 1 aromatic rings. The van der Waals surface area contributed by atoms with Crippen molar-refractivity contribution in [2.45, 2.75) is 6.54 Å². The average molecular weight is 194 g/mol. The zero-order valence-corrected chi connectivity index (χ0v) is 7.94. The van der Waals surface area contributed by atoms with Gasteiger partial charge in [0.05, 0.1) is 6.54 Å². The summed E-state index contributed by atoms with van der Waals surface area (Å²) in [5.41, 5.74) is 0.993. The predicted octanol–water partition coefficient (Wildman–Crippen LogP) is -0.217. The monoisotopic (exact) mass is 194 g/mol. The lowest BCUT2D eigenvalue weighted by Gasteiger charge is -2.09. The fourth-order valence-electron chi connectivity index (χ4n) is 0.893. The molecule has 0 aromatic carbocycles. The number of hydrogen-bond acceptors (Lipinski definition) is 2. The Morgan fingerprint density at radius 1 is 1.43 bits per heavy atom. The number of guanidine groups is 2. The van der Waals surface area contributed by atoms with Gasteiger partial charge in [0.15, 0.2) is 11.9 Å². The highest BCUT2D eigenvalue weighted by molar-refractivity contribution is 5.95. The zero-order valence-electron chi connectivity index (χ0n) is 7.94. The standard InChI is InChI=1S/C8H14N6/c1-11-7(9)14-8(10)13-5-6-3-2-4-12-6/h2-4,12H,5H2,1H3,(H5,9,10,11,13,14). The number of aromatic amines is 1. The Balaban J connectivity index is 2.25. The molecular weight excluding hydrogens is 180 g/mol. The van der Waals surface area contributed by atoms with Crippen LogP contribution in [0.15, 0.2) is 18.3 Å². The summed E-state index contributed by atoms with van der Waals surface area (Å²) >= 11 is 0. The highest BCUT2D eigenvalue weighted by Gasteiger charge is 1.98. The van der Waals surface area contributed by atoms with Gasteiger partial charge in [0.2, 0.25) is 0 Å². The molecule has 0 aliphatic heterocycles. The van der Waals surface area contributed by atoms with Crippen LogP contribution in [0.1, 0.15) is 5.69 Å². The molecule has 0 radical (unpaired) electrons. The molecule has 0 atom stereocenters. The van der Waals surface area contributed by atoms with E-state index in [4.69, 9.17) is 10.8 Å². The van der Waals surface area contributed by atoms with Crippen molar-refractivity contribution >= 4 is 11.9 Å². The summed E-state index contributed by atoms with van der Waals surface area (Å²) in [7, 11) is 1.62. The molecule has 14 heavy (non-hydrogen) atoms. The van der Waals surface area contributed by atoms with Crippen molar-refractivity contribution in [1.82, 2.24) is 20.9 Å². The van der Waals surface area contributed by atoms with Gasteiger partial charge in [-0.25, -0.2) is 0 Å². The van der Waals surface area contributed by atoms with E-state index < -0.39 is 0 Å². The lowest BCUT2D eigenvalue weighted by atomic mass is 10.4. The van der Waals surface area contributed by atoms with Gasteiger partial charge in [-0.15, -0.1) is 0 Å². The van der Waals surface area contributed by atoms with Gasteiger partial charge in [-0.2, -0.15) is 0 Å². The van der Waals surface area contributed by atoms with E-state index >= 15 is 0 Å². The first-order valence-corrected chi connectivity index (χ1v) is 4.20. The Labute approximate surface area is 82.1 Å². The number of hydrogen-bond donors (Lipinski definition) is 6. The van der Waals surface area contributed by atoms with Crippen LogP contribution in [0.25, 0.3) is 0 Å². The van der Waals surface area contributed by atoms with Crippen molar-refractivity contribution in [2.24, 2.45) is 0 Å². The van der Waals surface area contributed by atoms with Crippen molar-refractivity contribution in [2.75, 3.05) is 7.05 Å². The normalized spacial score (nSPS) is 9.21. The molecule has 0 spiro atoms. The third kappa shape index (κ3) is 3.18. The van der Waals surface area contributed by atoms with E-state index in [-0.39, 0.29) is 11.9 Å². The second-order valence-corrected chi connectivity index (χ2v) is 2.67.